The fourth-order valence-corrected chi connectivity index (χ4v) is 1.37. The molecule has 0 saturated carbocycles. The minimum atomic E-state index is -0.919. The molecule has 1 atom stereocenters. The molecule has 0 amide bonds. The van der Waals surface area contributed by atoms with Crippen LogP contribution in [0.5, 0.6) is 17.2 Å². The lowest BCUT2D eigenvalue weighted by molar-refractivity contribution is -0.141. The highest BCUT2D eigenvalue weighted by molar-refractivity contribution is 5.69. The van der Waals surface area contributed by atoms with Gasteiger partial charge in [-0.3, -0.25) is 4.79 Å². The van der Waals surface area contributed by atoms with Crippen molar-refractivity contribution in [2.24, 2.45) is 5.92 Å². The number of rotatable bonds is 4. The molecule has 0 saturated heterocycles. The van der Waals surface area contributed by atoms with E-state index in [0.29, 0.717) is 6.42 Å². The van der Waals surface area contributed by atoms with E-state index >= 15 is 0 Å². The first-order valence-corrected chi connectivity index (χ1v) is 4.88. The van der Waals surface area contributed by atoms with Crippen LogP contribution in [-0.4, -0.2) is 26.4 Å². The molecule has 0 radical (unpaired) electrons. The van der Waals surface area contributed by atoms with Crippen LogP contribution < -0.4 is 0 Å². The van der Waals surface area contributed by atoms with E-state index in [9.17, 15) is 15.0 Å². The maximum atomic E-state index is 10.6. The molecule has 0 aliphatic carbocycles. The van der Waals surface area contributed by atoms with Gasteiger partial charge in [0.25, 0.3) is 0 Å². The van der Waals surface area contributed by atoms with Crippen molar-refractivity contribution in [3.05, 3.63) is 17.7 Å². The average molecular weight is 226 g/mol. The fourth-order valence-electron chi connectivity index (χ4n) is 1.37. The molecule has 0 aromatic heterocycles. The number of hydrogen-bond donors (Lipinski definition) is 4. The lowest BCUT2D eigenvalue weighted by atomic mass is 10.00. The van der Waals surface area contributed by atoms with Crippen molar-refractivity contribution in [3.8, 4) is 17.2 Å². The van der Waals surface area contributed by atoms with E-state index in [1.807, 2.05) is 0 Å². The Balaban J connectivity index is 2.78. The molecule has 1 aromatic carbocycles. The van der Waals surface area contributed by atoms with Gasteiger partial charge in [0.15, 0.2) is 0 Å². The van der Waals surface area contributed by atoms with Gasteiger partial charge in [-0.05, 0) is 12.8 Å². The van der Waals surface area contributed by atoms with E-state index in [0.717, 1.165) is 12.1 Å². The van der Waals surface area contributed by atoms with Crippen LogP contribution in [0.3, 0.4) is 0 Å². The summed E-state index contributed by atoms with van der Waals surface area (Å²) < 4.78 is 0. The Morgan fingerprint density at radius 1 is 1.25 bits per heavy atom. The van der Waals surface area contributed by atoms with Gasteiger partial charge < -0.3 is 20.4 Å². The molecule has 1 aromatic rings. The Bertz CT molecular complexity index is 376. The number of hydrogen-bond acceptors (Lipinski definition) is 4. The van der Waals surface area contributed by atoms with Crippen molar-refractivity contribution in [2.75, 3.05) is 0 Å². The summed E-state index contributed by atoms with van der Waals surface area (Å²) in [6.45, 7) is 1.55. The van der Waals surface area contributed by atoms with Crippen molar-refractivity contribution in [2.45, 2.75) is 19.8 Å². The van der Waals surface area contributed by atoms with Gasteiger partial charge >= 0.3 is 5.97 Å². The van der Waals surface area contributed by atoms with Gasteiger partial charge in [0.1, 0.15) is 17.2 Å². The molecule has 88 valence electrons. The second-order valence-corrected chi connectivity index (χ2v) is 3.74. The lowest BCUT2D eigenvalue weighted by Crippen LogP contribution is -2.10. The SMILES string of the molecule is CC(CCc1c(O)cc(O)cc1O)C(=O)O. The molecule has 5 nitrogen and oxygen atoms in total. The summed E-state index contributed by atoms with van der Waals surface area (Å²) in [6.07, 6.45) is 0.548. The van der Waals surface area contributed by atoms with Gasteiger partial charge in [-0.1, -0.05) is 6.92 Å². The molecule has 0 spiro atoms. The minimum Gasteiger partial charge on any atom is -0.508 e. The highest BCUT2D eigenvalue weighted by Crippen LogP contribution is 2.33. The number of phenolic OH excluding ortho intramolecular Hbond substituents is 3. The zero-order chi connectivity index (χ0) is 12.3. The Kier molecular flexibility index (Phi) is 3.60. The van der Waals surface area contributed by atoms with Crippen molar-refractivity contribution in [1.29, 1.82) is 0 Å². The third-order valence-electron chi connectivity index (χ3n) is 2.44. The standard InChI is InChI=1S/C11H14O5/c1-6(11(15)16)2-3-8-9(13)4-7(12)5-10(8)14/h4-6,12-14H,2-3H2,1H3,(H,15,16). The Hall–Kier alpha value is -1.91. The monoisotopic (exact) mass is 226 g/mol. The van der Waals surface area contributed by atoms with Crippen molar-refractivity contribution in [1.82, 2.24) is 0 Å². The van der Waals surface area contributed by atoms with Gasteiger partial charge in [0.05, 0.1) is 5.92 Å². The highest BCUT2D eigenvalue weighted by Gasteiger charge is 2.15. The van der Waals surface area contributed by atoms with Crippen LogP contribution in [0, 0.1) is 5.92 Å². The second kappa shape index (κ2) is 4.74. The van der Waals surface area contributed by atoms with E-state index in [2.05, 4.69) is 0 Å². The molecule has 0 heterocycles. The second-order valence-electron chi connectivity index (χ2n) is 3.74. The normalized spacial score (nSPS) is 12.3. The number of carbonyl (C=O) groups is 1. The number of aromatic hydroxyl groups is 3. The highest BCUT2D eigenvalue weighted by atomic mass is 16.4. The molecule has 16 heavy (non-hydrogen) atoms. The van der Waals surface area contributed by atoms with Gasteiger partial charge in [-0.2, -0.15) is 0 Å². The third kappa shape index (κ3) is 2.79. The fraction of sp³-hybridized carbons (Fsp3) is 0.364. The average Bonchev–Trinajstić information content (AvgIpc) is 2.15. The number of carboxylic acid groups (broad SMARTS) is 1. The van der Waals surface area contributed by atoms with Gasteiger partial charge in [0.2, 0.25) is 0 Å². The number of benzene rings is 1. The van der Waals surface area contributed by atoms with E-state index in [4.69, 9.17) is 10.2 Å². The molecule has 0 aliphatic heterocycles. The topological polar surface area (TPSA) is 98.0 Å². The van der Waals surface area contributed by atoms with Crippen LogP contribution in [0.25, 0.3) is 0 Å². The summed E-state index contributed by atoms with van der Waals surface area (Å²) in [4.78, 5) is 10.6. The van der Waals surface area contributed by atoms with Crippen molar-refractivity contribution >= 4 is 5.97 Å². The summed E-state index contributed by atoms with van der Waals surface area (Å²) in [6, 6.07) is 2.22. The molecular weight excluding hydrogens is 212 g/mol. The molecule has 0 aliphatic rings. The van der Waals surface area contributed by atoms with Crippen LogP contribution in [-0.2, 0) is 11.2 Å². The maximum absolute atomic E-state index is 10.6. The molecule has 4 N–H and O–H groups in total. The van der Waals surface area contributed by atoms with Crippen LogP contribution in [0.2, 0.25) is 0 Å². The summed E-state index contributed by atoms with van der Waals surface area (Å²) in [5, 5.41) is 36.7. The predicted molar refractivity (Wildman–Crippen MR) is 56.6 cm³/mol. The Labute approximate surface area is 92.6 Å². The number of carboxylic acids is 1. The molecule has 1 rings (SSSR count). The first-order chi connectivity index (χ1) is 7.41. The van der Waals surface area contributed by atoms with Crippen LogP contribution >= 0.6 is 0 Å². The van der Waals surface area contributed by atoms with E-state index in [1.54, 1.807) is 6.92 Å². The Morgan fingerprint density at radius 2 is 1.75 bits per heavy atom. The summed E-state index contributed by atoms with van der Waals surface area (Å²) in [7, 11) is 0. The zero-order valence-electron chi connectivity index (χ0n) is 8.84. The van der Waals surface area contributed by atoms with Crippen LogP contribution in [0.4, 0.5) is 0 Å². The van der Waals surface area contributed by atoms with Gasteiger partial charge in [0, 0.05) is 17.7 Å². The molecule has 5 heteroatoms. The zero-order valence-corrected chi connectivity index (χ0v) is 8.84. The largest absolute Gasteiger partial charge is 0.508 e. The summed E-state index contributed by atoms with van der Waals surface area (Å²) in [5.41, 5.74) is 0.255. The van der Waals surface area contributed by atoms with E-state index in [-0.39, 0.29) is 29.2 Å². The Morgan fingerprint density at radius 3 is 2.19 bits per heavy atom. The number of phenols is 3. The minimum absolute atomic E-state index is 0.227. The molecule has 0 bridgehead atoms. The molecule has 0 fully saturated rings. The first-order valence-electron chi connectivity index (χ1n) is 4.88. The summed E-state index contributed by atoms with van der Waals surface area (Å²) >= 11 is 0. The van der Waals surface area contributed by atoms with Crippen LogP contribution in [0.1, 0.15) is 18.9 Å². The predicted octanol–water partition coefficient (Wildman–Crippen LogP) is 1.46. The van der Waals surface area contributed by atoms with E-state index < -0.39 is 11.9 Å². The maximum Gasteiger partial charge on any atom is 0.306 e. The lowest BCUT2D eigenvalue weighted by Gasteiger charge is -2.09. The summed E-state index contributed by atoms with van der Waals surface area (Å²) in [5.74, 6) is -2.15. The number of aliphatic carboxylic acids is 1. The van der Waals surface area contributed by atoms with Crippen molar-refractivity contribution in [3.63, 3.8) is 0 Å². The molecular formula is C11H14O5. The smallest absolute Gasteiger partial charge is 0.306 e. The van der Waals surface area contributed by atoms with Gasteiger partial charge in [-0.25, -0.2) is 0 Å². The van der Waals surface area contributed by atoms with Gasteiger partial charge in [-0.15, -0.1) is 0 Å². The third-order valence-corrected chi connectivity index (χ3v) is 2.44. The van der Waals surface area contributed by atoms with Crippen molar-refractivity contribution < 1.29 is 25.2 Å². The first kappa shape index (κ1) is 12.2. The molecule has 1 unspecified atom stereocenters. The van der Waals surface area contributed by atoms with E-state index in [1.165, 1.54) is 0 Å². The quantitative estimate of drug-likeness (QED) is 0.623. The van der Waals surface area contributed by atoms with Crippen LogP contribution in [0.15, 0.2) is 12.1 Å².